The molecule has 0 saturated carbocycles. The molecule has 1 aromatic carbocycles. The van der Waals surface area contributed by atoms with E-state index >= 15 is 0 Å². The van der Waals surface area contributed by atoms with E-state index in [1.807, 2.05) is 13.8 Å². The van der Waals surface area contributed by atoms with E-state index in [0.29, 0.717) is 0 Å². The zero-order valence-electron chi connectivity index (χ0n) is 11.7. The molecule has 0 aliphatic heterocycles. The van der Waals surface area contributed by atoms with Gasteiger partial charge in [-0.1, -0.05) is 25.1 Å². The Bertz CT molecular complexity index is 565. The van der Waals surface area contributed by atoms with Gasteiger partial charge >= 0.3 is 0 Å². The van der Waals surface area contributed by atoms with Gasteiger partial charge in [-0.15, -0.1) is 0 Å². The smallest absolute Gasteiger partial charge is 0.0739 e. The average molecular weight is 242 g/mol. The number of rotatable bonds is 3. The van der Waals surface area contributed by atoms with Gasteiger partial charge in [0, 0.05) is 23.0 Å². The third kappa shape index (κ3) is 2.70. The van der Waals surface area contributed by atoms with Crippen molar-refractivity contribution in [2.75, 3.05) is 0 Å². The molecule has 0 atom stereocenters. The lowest BCUT2D eigenvalue weighted by molar-refractivity contribution is 0.511. The van der Waals surface area contributed by atoms with Crippen LogP contribution in [0, 0.1) is 6.92 Å². The van der Waals surface area contributed by atoms with Crippen molar-refractivity contribution in [1.82, 2.24) is 4.98 Å². The molecular formula is C16H22N2. The van der Waals surface area contributed by atoms with Gasteiger partial charge in [-0.2, -0.15) is 0 Å². The fourth-order valence-corrected chi connectivity index (χ4v) is 2.39. The topological polar surface area (TPSA) is 38.9 Å². The molecule has 96 valence electrons. The van der Waals surface area contributed by atoms with Crippen LogP contribution in [0.1, 0.15) is 37.6 Å². The Balaban J connectivity index is 2.59. The highest BCUT2D eigenvalue weighted by Gasteiger charge is 2.14. The first-order chi connectivity index (χ1) is 8.40. The number of hydrogen-bond donors (Lipinski definition) is 1. The minimum Gasteiger partial charge on any atom is -0.325 e. The second-order valence-electron chi connectivity index (χ2n) is 5.76. The van der Waals surface area contributed by atoms with E-state index in [4.69, 9.17) is 10.7 Å². The summed E-state index contributed by atoms with van der Waals surface area (Å²) in [5.41, 5.74) is 10.7. The summed E-state index contributed by atoms with van der Waals surface area (Å²) in [5, 5.41) is 1.26. The van der Waals surface area contributed by atoms with Gasteiger partial charge in [0.15, 0.2) is 0 Å². The van der Waals surface area contributed by atoms with Crippen LogP contribution < -0.4 is 5.73 Å². The molecule has 0 radical (unpaired) electrons. The Hall–Kier alpha value is -1.41. The molecular weight excluding hydrogens is 220 g/mol. The molecule has 0 bridgehead atoms. The minimum atomic E-state index is -0.214. The lowest BCUT2D eigenvalue weighted by Crippen LogP contribution is -2.34. The van der Waals surface area contributed by atoms with E-state index in [-0.39, 0.29) is 5.54 Å². The van der Waals surface area contributed by atoms with E-state index in [9.17, 15) is 0 Å². The maximum atomic E-state index is 6.09. The quantitative estimate of drug-likeness (QED) is 0.896. The van der Waals surface area contributed by atoms with Crippen LogP contribution in [0.3, 0.4) is 0 Å². The van der Waals surface area contributed by atoms with Gasteiger partial charge in [0.25, 0.3) is 0 Å². The maximum absolute atomic E-state index is 6.09. The van der Waals surface area contributed by atoms with Gasteiger partial charge < -0.3 is 5.73 Å². The molecule has 1 heterocycles. The van der Waals surface area contributed by atoms with Crippen molar-refractivity contribution >= 4 is 10.9 Å². The molecule has 2 nitrogen and oxygen atoms in total. The monoisotopic (exact) mass is 242 g/mol. The summed E-state index contributed by atoms with van der Waals surface area (Å²) in [5.74, 6) is 0. The number of benzene rings is 1. The van der Waals surface area contributed by atoms with Gasteiger partial charge in [0.2, 0.25) is 0 Å². The number of hydrogen-bond acceptors (Lipinski definition) is 2. The Morgan fingerprint density at radius 1 is 1.28 bits per heavy atom. The van der Waals surface area contributed by atoms with E-state index in [1.54, 1.807) is 0 Å². The number of para-hydroxylation sites is 1. The molecule has 2 N–H and O–H groups in total. The average Bonchev–Trinajstić information content (AvgIpc) is 2.26. The molecule has 0 saturated heterocycles. The molecule has 2 aromatic rings. The molecule has 0 aliphatic carbocycles. The van der Waals surface area contributed by atoms with Crippen LogP contribution in [-0.2, 0) is 12.8 Å². The number of nitrogens with zero attached hydrogens (tertiary/aromatic N) is 1. The summed E-state index contributed by atoms with van der Waals surface area (Å²) in [6.07, 6.45) is 1.82. The highest BCUT2D eigenvalue weighted by atomic mass is 14.8. The number of aryl methyl sites for hydroxylation is 2. The summed E-state index contributed by atoms with van der Waals surface area (Å²) < 4.78 is 0. The molecule has 18 heavy (non-hydrogen) atoms. The highest BCUT2D eigenvalue weighted by molar-refractivity contribution is 5.85. The molecule has 0 amide bonds. The van der Waals surface area contributed by atoms with Gasteiger partial charge in [0.1, 0.15) is 0 Å². The van der Waals surface area contributed by atoms with Gasteiger partial charge in [-0.25, -0.2) is 0 Å². The molecule has 2 heteroatoms. The molecule has 1 aromatic heterocycles. The first kappa shape index (κ1) is 13.0. The normalized spacial score (nSPS) is 12.1. The SMILES string of the molecule is CCc1cccc2c(C)cc(CC(C)(C)N)nc12. The summed E-state index contributed by atoms with van der Waals surface area (Å²) in [7, 11) is 0. The third-order valence-corrected chi connectivity index (χ3v) is 3.20. The van der Waals surface area contributed by atoms with Crippen molar-refractivity contribution in [3.05, 3.63) is 41.1 Å². The van der Waals surface area contributed by atoms with E-state index in [2.05, 4.69) is 38.1 Å². The first-order valence-electron chi connectivity index (χ1n) is 6.58. The predicted molar refractivity (Wildman–Crippen MR) is 77.8 cm³/mol. The number of nitrogens with two attached hydrogens (primary N) is 1. The Kier molecular flexibility index (Phi) is 3.40. The van der Waals surface area contributed by atoms with Gasteiger partial charge in [-0.3, -0.25) is 4.98 Å². The second kappa shape index (κ2) is 4.69. The minimum absolute atomic E-state index is 0.214. The molecule has 0 spiro atoms. The number of pyridine rings is 1. The van der Waals surface area contributed by atoms with Crippen molar-refractivity contribution in [3.63, 3.8) is 0 Å². The standard InChI is InChI=1S/C16H22N2/c1-5-12-7-6-8-14-11(2)9-13(18-15(12)14)10-16(3,4)17/h6-9H,5,10,17H2,1-4H3. The van der Waals surface area contributed by atoms with Crippen LogP contribution in [0.25, 0.3) is 10.9 Å². The zero-order valence-corrected chi connectivity index (χ0v) is 11.7. The lowest BCUT2D eigenvalue weighted by Gasteiger charge is -2.19. The molecule has 0 fully saturated rings. The molecule has 0 unspecified atom stereocenters. The van der Waals surface area contributed by atoms with Crippen LogP contribution in [0.2, 0.25) is 0 Å². The molecule has 0 aliphatic rings. The lowest BCUT2D eigenvalue weighted by atomic mass is 9.97. The van der Waals surface area contributed by atoms with E-state index < -0.39 is 0 Å². The Morgan fingerprint density at radius 2 is 2.00 bits per heavy atom. The molecule has 2 rings (SSSR count). The fourth-order valence-electron chi connectivity index (χ4n) is 2.39. The van der Waals surface area contributed by atoms with E-state index in [1.165, 1.54) is 16.5 Å². The van der Waals surface area contributed by atoms with Gasteiger partial charge in [0.05, 0.1) is 5.52 Å². The second-order valence-corrected chi connectivity index (χ2v) is 5.76. The highest BCUT2D eigenvalue weighted by Crippen LogP contribution is 2.23. The van der Waals surface area contributed by atoms with Gasteiger partial charge in [-0.05, 0) is 44.4 Å². The van der Waals surface area contributed by atoms with Crippen LogP contribution in [0.15, 0.2) is 24.3 Å². The van der Waals surface area contributed by atoms with Crippen molar-refractivity contribution in [2.45, 2.75) is 46.1 Å². The summed E-state index contributed by atoms with van der Waals surface area (Å²) in [4.78, 5) is 4.81. The summed E-state index contributed by atoms with van der Waals surface area (Å²) in [6.45, 7) is 8.40. The van der Waals surface area contributed by atoms with Crippen molar-refractivity contribution in [2.24, 2.45) is 5.73 Å². The third-order valence-electron chi connectivity index (χ3n) is 3.20. The zero-order chi connectivity index (χ0) is 13.3. The Morgan fingerprint density at radius 3 is 2.61 bits per heavy atom. The first-order valence-corrected chi connectivity index (χ1v) is 6.58. The van der Waals surface area contributed by atoms with Crippen LogP contribution in [0.5, 0.6) is 0 Å². The number of fused-ring (bicyclic) bond motifs is 1. The maximum Gasteiger partial charge on any atom is 0.0739 e. The van der Waals surface area contributed by atoms with Crippen LogP contribution >= 0.6 is 0 Å². The Labute approximate surface area is 109 Å². The van der Waals surface area contributed by atoms with Crippen molar-refractivity contribution in [1.29, 1.82) is 0 Å². The van der Waals surface area contributed by atoms with Crippen LogP contribution in [-0.4, -0.2) is 10.5 Å². The van der Waals surface area contributed by atoms with Crippen LogP contribution in [0.4, 0.5) is 0 Å². The van der Waals surface area contributed by atoms with E-state index in [0.717, 1.165) is 24.1 Å². The van der Waals surface area contributed by atoms with Crippen molar-refractivity contribution < 1.29 is 0 Å². The predicted octanol–water partition coefficient (Wildman–Crippen LogP) is 3.39. The largest absolute Gasteiger partial charge is 0.325 e. The number of aromatic nitrogens is 1. The fraction of sp³-hybridized carbons (Fsp3) is 0.438. The van der Waals surface area contributed by atoms with Crippen molar-refractivity contribution in [3.8, 4) is 0 Å². The summed E-state index contributed by atoms with van der Waals surface area (Å²) >= 11 is 0. The summed E-state index contributed by atoms with van der Waals surface area (Å²) in [6, 6.07) is 8.58.